The maximum atomic E-state index is 13.1. The van der Waals surface area contributed by atoms with Gasteiger partial charge in [0.1, 0.15) is 17.1 Å². The van der Waals surface area contributed by atoms with E-state index in [2.05, 4.69) is 31.0 Å². The Labute approximate surface area is 168 Å². The van der Waals surface area contributed by atoms with Crippen LogP contribution in [0.15, 0.2) is 35.3 Å². The van der Waals surface area contributed by atoms with Crippen LogP contribution in [0.25, 0.3) is 10.2 Å². The molecule has 7 heteroatoms. The zero-order valence-electron chi connectivity index (χ0n) is 16.7. The average Bonchev–Trinajstić information content (AvgIpc) is 3.02. The lowest BCUT2D eigenvalue weighted by molar-refractivity contribution is 0.0991. The third-order valence-electron chi connectivity index (χ3n) is 4.47. The Bertz CT molecular complexity index is 1060. The summed E-state index contributed by atoms with van der Waals surface area (Å²) in [6.45, 7) is 5.27. The number of thiazole rings is 1. The number of aryl methyl sites for hydroxylation is 2. The van der Waals surface area contributed by atoms with Crippen LogP contribution in [-0.2, 0) is 11.3 Å². The Morgan fingerprint density at radius 2 is 1.79 bits per heavy atom. The molecule has 0 aliphatic rings. The standard InChI is InChI=1S/C21H24N2O4S/c1-13-11-14(2)19-17(12-13)28-21(23(19)9-10-25-3)22-20(24)18-15(26-4)7-6-8-16(18)27-5/h6-8,11-12H,9-10H2,1-5H3. The number of methoxy groups -OCH3 is 3. The molecule has 0 fully saturated rings. The van der Waals surface area contributed by atoms with Gasteiger partial charge in [0.25, 0.3) is 5.91 Å². The Morgan fingerprint density at radius 3 is 2.39 bits per heavy atom. The molecule has 1 amide bonds. The fourth-order valence-corrected chi connectivity index (χ4v) is 4.50. The average molecular weight is 401 g/mol. The first kappa shape index (κ1) is 20.1. The predicted octanol–water partition coefficient (Wildman–Crippen LogP) is 3.72. The highest BCUT2D eigenvalue weighted by molar-refractivity contribution is 7.16. The molecule has 2 aromatic carbocycles. The van der Waals surface area contributed by atoms with Crippen LogP contribution in [0, 0.1) is 13.8 Å². The van der Waals surface area contributed by atoms with Crippen LogP contribution >= 0.6 is 11.3 Å². The molecule has 0 saturated heterocycles. The van der Waals surface area contributed by atoms with Gasteiger partial charge < -0.3 is 18.8 Å². The molecule has 148 valence electrons. The van der Waals surface area contributed by atoms with E-state index in [4.69, 9.17) is 14.2 Å². The van der Waals surface area contributed by atoms with Crippen LogP contribution in [0.5, 0.6) is 11.5 Å². The number of amides is 1. The number of ether oxygens (including phenoxy) is 3. The van der Waals surface area contributed by atoms with Crippen LogP contribution in [0.4, 0.5) is 0 Å². The van der Waals surface area contributed by atoms with Gasteiger partial charge in [-0.2, -0.15) is 4.99 Å². The topological polar surface area (TPSA) is 62.1 Å². The van der Waals surface area contributed by atoms with Crippen LogP contribution in [-0.4, -0.2) is 38.4 Å². The normalized spacial score (nSPS) is 11.8. The minimum atomic E-state index is -0.401. The van der Waals surface area contributed by atoms with Gasteiger partial charge in [-0.05, 0) is 43.2 Å². The van der Waals surface area contributed by atoms with E-state index in [1.165, 1.54) is 31.1 Å². The van der Waals surface area contributed by atoms with Crippen LogP contribution < -0.4 is 14.3 Å². The van der Waals surface area contributed by atoms with E-state index in [0.29, 0.717) is 35.0 Å². The maximum absolute atomic E-state index is 13.1. The molecule has 0 radical (unpaired) electrons. The lowest BCUT2D eigenvalue weighted by Crippen LogP contribution is -2.20. The van der Waals surface area contributed by atoms with E-state index in [1.807, 2.05) is 4.57 Å². The van der Waals surface area contributed by atoms with Crippen molar-refractivity contribution < 1.29 is 19.0 Å². The molecule has 0 N–H and O–H groups in total. The van der Waals surface area contributed by atoms with Crippen LogP contribution in [0.3, 0.4) is 0 Å². The molecule has 0 spiro atoms. The zero-order valence-corrected chi connectivity index (χ0v) is 17.6. The second kappa shape index (κ2) is 8.58. The number of hydrogen-bond donors (Lipinski definition) is 0. The molecule has 1 aromatic heterocycles. The van der Waals surface area contributed by atoms with Crippen LogP contribution in [0.1, 0.15) is 21.5 Å². The largest absolute Gasteiger partial charge is 0.496 e. The second-order valence-electron chi connectivity index (χ2n) is 6.41. The SMILES string of the molecule is COCCn1c(=NC(=O)c2c(OC)cccc2OC)sc2cc(C)cc(C)c21. The van der Waals surface area contributed by atoms with E-state index in [1.54, 1.807) is 25.3 Å². The van der Waals surface area contributed by atoms with E-state index < -0.39 is 5.91 Å². The fraction of sp³-hybridized carbons (Fsp3) is 0.333. The minimum Gasteiger partial charge on any atom is -0.496 e. The van der Waals surface area contributed by atoms with Crippen molar-refractivity contribution in [3.8, 4) is 11.5 Å². The number of benzene rings is 2. The van der Waals surface area contributed by atoms with Gasteiger partial charge in [0.2, 0.25) is 0 Å². The van der Waals surface area contributed by atoms with Crippen LogP contribution in [0.2, 0.25) is 0 Å². The molecule has 28 heavy (non-hydrogen) atoms. The Kier molecular flexibility index (Phi) is 6.16. The van der Waals surface area contributed by atoms with Gasteiger partial charge in [-0.25, -0.2) is 0 Å². The molecular formula is C21H24N2O4S. The molecule has 0 aliphatic heterocycles. The first-order valence-electron chi connectivity index (χ1n) is 8.89. The number of hydrogen-bond acceptors (Lipinski definition) is 5. The van der Waals surface area contributed by atoms with Gasteiger partial charge in [-0.1, -0.05) is 23.5 Å². The van der Waals surface area contributed by atoms with Gasteiger partial charge in [0.05, 0.1) is 31.0 Å². The van der Waals surface area contributed by atoms with E-state index >= 15 is 0 Å². The molecular weight excluding hydrogens is 376 g/mol. The number of aromatic nitrogens is 1. The molecule has 0 unspecified atom stereocenters. The first-order valence-corrected chi connectivity index (χ1v) is 9.71. The van der Waals surface area contributed by atoms with Gasteiger partial charge in [-0.15, -0.1) is 0 Å². The highest BCUT2D eigenvalue weighted by Crippen LogP contribution is 2.29. The maximum Gasteiger partial charge on any atom is 0.287 e. The van der Waals surface area contributed by atoms with Crippen molar-refractivity contribution in [3.63, 3.8) is 0 Å². The summed E-state index contributed by atoms with van der Waals surface area (Å²) in [7, 11) is 4.71. The van der Waals surface area contributed by atoms with Gasteiger partial charge >= 0.3 is 0 Å². The summed E-state index contributed by atoms with van der Waals surface area (Å²) in [4.78, 5) is 18.1. The number of nitrogens with zero attached hydrogens (tertiary/aromatic N) is 2. The second-order valence-corrected chi connectivity index (χ2v) is 7.42. The number of carbonyl (C=O) groups is 1. The summed E-state index contributed by atoms with van der Waals surface area (Å²) in [6, 6.07) is 9.47. The van der Waals surface area contributed by atoms with E-state index in [0.717, 1.165) is 15.8 Å². The Hall–Kier alpha value is -2.64. The minimum absolute atomic E-state index is 0.316. The van der Waals surface area contributed by atoms with E-state index in [-0.39, 0.29) is 0 Å². The van der Waals surface area contributed by atoms with Crippen molar-refractivity contribution >= 4 is 27.5 Å². The summed E-state index contributed by atoms with van der Waals surface area (Å²) in [5.41, 5.74) is 3.71. The Balaban J connectivity index is 2.22. The number of rotatable bonds is 6. The van der Waals surface area contributed by atoms with Gasteiger partial charge in [-0.3, -0.25) is 4.79 Å². The fourth-order valence-electron chi connectivity index (χ4n) is 3.27. The molecule has 3 rings (SSSR count). The summed E-state index contributed by atoms with van der Waals surface area (Å²) in [6.07, 6.45) is 0. The van der Waals surface area contributed by atoms with Crippen molar-refractivity contribution in [2.45, 2.75) is 20.4 Å². The third-order valence-corrected chi connectivity index (χ3v) is 5.50. The van der Waals surface area contributed by atoms with Crippen molar-refractivity contribution in [1.82, 2.24) is 4.57 Å². The first-order chi connectivity index (χ1) is 13.5. The Morgan fingerprint density at radius 1 is 1.11 bits per heavy atom. The smallest absolute Gasteiger partial charge is 0.287 e. The molecule has 6 nitrogen and oxygen atoms in total. The molecule has 0 atom stereocenters. The molecule has 0 saturated carbocycles. The highest BCUT2D eigenvalue weighted by Gasteiger charge is 2.19. The number of fused-ring (bicyclic) bond motifs is 1. The quantitative estimate of drug-likeness (QED) is 0.633. The molecule has 1 heterocycles. The van der Waals surface area contributed by atoms with Crippen molar-refractivity contribution in [2.75, 3.05) is 27.9 Å². The van der Waals surface area contributed by atoms with Gasteiger partial charge in [0, 0.05) is 13.7 Å². The summed E-state index contributed by atoms with van der Waals surface area (Å²) >= 11 is 1.49. The zero-order chi connectivity index (χ0) is 20.3. The summed E-state index contributed by atoms with van der Waals surface area (Å²) in [5, 5.41) is 0. The molecule has 0 aliphatic carbocycles. The van der Waals surface area contributed by atoms with Gasteiger partial charge in [0.15, 0.2) is 4.80 Å². The highest BCUT2D eigenvalue weighted by atomic mass is 32.1. The number of carbonyl (C=O) groups excluding carboxylic acids is 1. The summed E-state index contributed by atoms with van der Waals surface area (Å²) < 4.78 is 19.1. The molecule has 0 bridgehead atoms. The van der Waals surface area contributed by atoms with E-state index in [9.17, 15) is 4.79 Å². The summed E-state index contributed by atoms with van der Waals surface area (Å²) in [5.74, 6) is 0.468. The van der Waals surface area contributed by atoms with Crippen molar-refractivity contribution in [1.29, 1.82) is 0 Å². The predicted molar refractivity (Wildman–Crippen MR) is 111 cm³/mol. The third kappa shape index (κ3) is 3.81. The molecule has 3 aromatic rings. The monoisotopic (exact) mass is 400 g/mol. The lowest BCUT2D eigenvalue weighted by atomic mass is 10.1. The van der Waals surface area contributed by atoms with Crippen molar-refractivity contribution in [2.24, 2.45) is 4.99 Å². The lowest BCUT2D eigenvalue weighted by Gasteiger charge is -2.10. The van der Waals surface area contributed by atoms with Crippen molar-refractivity contribution in [3.05, 3.63) is 51.8 Å².